The highest BCUT2D eigenvalue weighted by atomic mass is 35.5. The van der Waals surface area contributed by atoms with Crippen molar-refractivity contribution in [1.82, 2.24) is 24.1 Å². The Morgan fingerprint density at radius 1 is 1.25 bits per heavy atom. The first kappa shape index (κ1) is 19.8. The quantitative estimate of drug-likeness (QED) is 0.579. The van der Waals surface area contributed by atoms with Gasteiger partial charge in [0.15, 0.2) is 10.8 Å². The lowest BCUT2D eigenvalue weighted by Gasteiger charge is -2.28. The summed E-state index contributed by atoms with van der Waals surface area (Å²) in [4.78, 5) is 0.682. The molecule has 1 aromatic carbocycles. The van der Waals surface area contributed by atoms with Crippen molar-refractivity contribution in [3.8, 4) is 5.75 Å². The minimum absolute atomic E-state index is 0.120. The summed E-state index contributed by atoms with van der Waals surface area (Å²) in [7, 11) is -3.16. The molecule has 0 spiro atoms. The van der Waals surface area contributed by atoms with E-state index in [2.05, 4.69) is 15.3 Å². The minimum atomic E-state index is -3.16. The molecule has 0 aliphatic carbocycles. The number of aromatic nitrogens is 4. The Morgan fingerprint density at radius 2 is 2.00 bits per heavy atom. The van der Waals surface area contributed by atoms with Crippen molar-refractivity contribution in [2.24, 2.45) is 0 Å². The molecular weight excluding hydrogens is 445 g/mol. The molecule has 0 unspecified atom stereocenters. The second-order valence-corrected chi connectivity index (χ2v) is 10.4. The summed E-state index contributed by atoms with van der Waals surface area (Å²) in [5.74, 6) is 1.41. The molecule has 2 aromatic heterocycles. The first-order valence-electron chi connectivity index (χ1n) is 8.55. The highest BCUT2D eigenvalue weighted by molar-refractivity contribution is 7.88. The van der Waals surface area contributed by atoms with E-state index in [0.717, 1.165) is 10.8 Å². The van der Waals surface area contributed by atoms with Gasteiger partial charge in [0.1, 0.15) is 12.4 Å². The molecule has 28 heavy (non-hydrogen) atoms. The maximum absolute atomic E-state index is 11.7. The van der Waals surface area contributed by atoms with E-state index in [0.29, 0.717) is 46.7 Å². The van der Waals surface area contributed by atoms with Gasteiger partial charge in [-0.05, 0) is 31.0 Å². The summed E-state index contributed by atoms with van der Waals surface area (Å²) in [6.45, 7) is 1.21. The van der Waals surface area contributed by atoms with E-state index in [4.69, 9.17) is 27.9 Å². The van der Waals surface area contributed by atoms with Crippen LogP contribution in [0, 0.1) is 0 Å². The second kappa shape index (κ2) is 7.75. The summed E-state index contributed by atoms with van der Waals surface area (Å²) in [6.07, 6.45) is 2.62. The smallest absolute Gasteiger partial charge is 0.234 e. The number of sulfonamides is 1. The molecule has 1 aliphatic rings. The summed E-state index contributed by atoms with van der Waals surface area (Å²) < 4.78 is 32.3. The summed E-state index contributed by atoms with van der Waals surface area (Å²) >= 11 is 13.4. The summed E-state index contributed by atoms with van der Waals surface area (Å²) in [5.41, 5.74) is 0. The van der Waals surface area contributed by atoms with Gasteiger partial charge < -0.3 is 4.74 Å². The van der Waals surface area contributed by atoms with E-state index < -0.39 is 10.0 Å². The first-order chi connectivity index (χ1) is 13.3. The van der Waals surface area contributed by atoms with Crippen LogP contribution in [0.15, 0.2) is 18.2 Å². The van der Waals surface area contributed by atoms with Gasteiger partial charge in [-0.3, -0.25) is 0 Å². The van der Waals surface area contributed by atoms with Crippen LogP contribution in [0.1, 0.15) is 29.6 Å². The third-order valence-electron chi connectivity index (χ3n) is 4.59. The number of nitrogens with zero attached hydrogens (tertiary/aromatic N) is 5. The Hall–Kier alpha value is -1.46. The van der Waals surface area contributed by atoms with Crippen molar-refractivity contribution in [2.75, 3.05) is 19.3 Å². The fourth-order valence-corrected chi connectivity index (χ4v) is 5.25. The molecule has 0 bridgehead atoms. The Bertz CT molecular complexity index is 1110. The van der Waals surface area contributed by atoms with Crippen LogP contribution in [0.5, 0.6) is 5.75 Å². The van der Waals surface area contributed by atoms with E-state index in [9.17, 15) is 8.42 Å². The number of hydrogen-bond donors (Lipinski definition) is 0. The largest absolute Gasteiger partial charge is 0.485 e. The first-order valence-corrected chi connectivity index (χ1v) is 12.0. The molecule has 1 aliphatic heterocycles. The van der Waals surface area contributed by atoms with E-state index >= 15 is 0 Å². The fourth-order valence-electron chi connectivity index (χ4n) is 3.16. The van der Waals surface area contributed by atoms with Crippen molar-refractivity contribution in [1.29, 1.82) is 0 Å². The predicted molar refractivity (Wildman–Crippen MR) is 108 cm³/mol. The number of halogens is 2. The number of hydrogen-bond acceptors (Lipinski definition) is 7. The maximum atomic E-state index is 11.7. The van der Waals surface area contributed by atoms with E-state index in [-0.39, 0.29) is 12.5 Å². The molecule has 0 atom stereocenters. The van der Waals surface area contributed by atoms with Gasteiger partial charge in [-0.1, -0.05) is 34.5 Å². The van der Waals surface area contributed by atoms with Crippen LogP contribution < -0.4 is 4.74 Å². The second-order valence-electron chi connectivity index (χ2n) is 6.55. The van der Waals surface area contributed by atoms with Crippen LogP contribution in [-0.2, 0) is 16.6 Å². The molecule has 0 saturated carbocycles. The molecule has 0 amide bonds. The highest BCUT2D eigenvalue weighted by Crippen LogP contribution is 2.30. The molecule has 4 rings (SSSR count). The lowest BCUT2D eigenvalue weighted by atomic mass is 9.97. The lowest BCUT2D eigenvalue weighted by molar-refractivity contribution is 0.302. The number of fused-ring (bicyclic) bond motifs is 1. The fraction of sp³-hybridized carbons (Fsp3) is 0.438. The molecule has 0 radical (unpaired) electrons. The molecule has 1 fully saturated rings. The van der Waals surface area contributed by atoms with Gasteiger partial charge >= 0.3 is 0 Å². The van der Waals surface area contributed by atoms with E-state index in [1.165, 1.54) is 21.9 Å². The molecule has 3 aromatic rings. The SMILES string of the molecule is CS(=O)(=O)N1CCC(c2nnc3sc(COc4ccc(Cl)cc4Cl)nn23)CC1. The Kier molecular flexibility index (Phi) is 5.49. The van der Waals surface area contributed by atoms with Crippen molar-refractivity contribution in [2.45, 2.75) is 25.4 Å². The topological polar surface area (TPSA) is 89.7 Å². The van der Waals surface area contributed by atoms with Gasteiger partial charge in [0.25, 0.3) is 0 Å². The van der Waals surface area contributed by atoms with Gasteiger partial charge in [-0.2, -0.15) is 9.61 Å². The number of rotatable bonds is 5. The molecular formula is C16H17Cl2N5O3S2. The zero-order valence-electron chi connectivity index (χ0n) is 14.9. The van der Waals surface area contributed by atoms with Gasteiger partial charge in [0.2, 0.25) is 15.0 Å². The van der Waals surface area contributed by atoms with Crippen LogP contribution in [0.3, 0.4) is 0 Å². The standard InChI is InChI=1S/C16H17Cl2N5O3S2/c1-28(24,25)22-6-4-10(5-7-22)15-19-20-16-23(15)21-14(27-16)9-26-13-3-2-11(17)8-12(13)18/h2-3,8,10H,4-7,9H2,1H3. The molecule has 1 saturated heterocycles. The molecule has 12 heteroatoms. The lowest BCUT2D eigenvalue weighted by Crippen LogP contribution is -2.37. The maximum Gasteiger partial charge on any atom is 0.234 e. The monoisotopic (exact) mass is 461 g/mol. The Morgan fingerprint density at radius 3 is 2.68 bits per heavy atom. The summed E-state index contributed by atoms with van der Waals surface area (Å²) in [5, 5.41) is 14.8. The zero-order chi connectivity index (χ0) is 19.9. The number of benzene rings is 1. The average Bonchev–Trinajstić information content (AvgIpc) is 3.20. The minimum Gasteiger partial charge on any atom is -0.485 e. The van der Waals surface area contributed by atoms with E-state index in [1.54, 1.807) is 22.7 Å². The van der Waals surface area contributed by atoms with Crippen LogP contribution >= 0.6 is 34.5 Å². The molecule has 8 nitrogen and oxygen atoms in total. The van der Waals surface area contributed by atoms with Crippen LogP contribution in [0.25, 0.3) is 4.96 Å². The third kappa shape index (κ3) is 4.11. The van der Waals surface area contributed by atoms with Crippen molar-refractivity contribution in [3.05, 3.63) is 39.1 Å². The normalized spacial score (nSPS) is 16.7. The van der Waals surface area contributed by atoms with Crippen LogP contribution in [-0.4, -0.2) is 51.9 Å². The van der Waals surface area contributed by atoms with Crippen molar-refractivity contribution >= 4 is 49.5 Å². The number of piperidine rings is 1. The van der Waals surface area contributed by atoms with Gasteiger partial charge in [0, 0.05) is 24.0 Å². The van der Waals surface area contributed by atoms with Gasteiger partial charge in [-0.25, -0.2) is 12.7 Å². The van der Waals surface area contributed by atoms with Crippen LogP contribution in [0.4, 0.5) is 0 Å². The van der Waals surface area contributed by atoms with Gasteiger partial charge in [-0.15, -0.1) is 10.2 Å². The third-order valence-corrected chi connectivity index (χ3v) is 7.30. The van der Waals surface area contributed by atoms with Gasteiger partial charge in [0.05, 0.1) is 11.3 Å². The predicted octanol–water partition coefficient (Wildman–Crippen LogP) is 3.21. The summed E-state index contributed by atoms with van der Waals surface area (Å²) in [6, 6.07) is 5.05. The van der Waals surface area contributed by atoms with Crippen molar-refractivity contribution in [3.63, 3.8) is 0 Å². The molecule has 3 heterocycles. The Labute approximate surface area is 176 Å². The van der Waals surface area contributed by atoms with E-state index in [1.807, 2.05) is 0 Å². The average molecular weight is 462 g/mol. The highest BCUT2D eigenvalue weighted by Gasteiger charge is 2.29. The zero-order valence-corrected chi connectivity index (χ0v) is 18.0. The number of ether oxygens (including phenoxy) is 1. The Balaban J connectivity index is 1.47. The molecule has 0 N–H and O–H groups in total. The molecule has 150 valence electrons. The van der Waals surface area contributed by atoms with Crippen molar-refractivity contribution < 1.29 is 13.2 Å². The van der Waals surface area contributed by atoms with Crippen LogP contribution in [0.2, 0.25) is 10.0 Å².